The molecule has 1 amide bonds. The van der Waals surface area contributed by atoms with Crippen molar-refractivity contribution in [3.8, 4) is 0 Å². The fourth-order valence-electron chi connectivity index (χ4n) is 2.73. The van der Waals surface area contributed by atoms with Crippen molar-refractivity contribution < 1.29 is 9.53 Å². The average molecular weight is 254 g/mol. The van der Waals surface area contributed by atoms with Crippen molar-refractivity contribution >= 4 is 6.09 Å². The first-order valence-electron chi connectivity index (χ1n) is 6.82. The summed E-state index contributed by atoms with van der Waals surface area (Å²) >= 11 is 0. The zero-order valence-electron chi connectivity index (χ0n) is 12.4. The Morgan fingerprint density at radius 2 is 1.61 bits per heavy atom. The number of nitrogens with one attached hydrogen (secondary N) is 1. The molecule has 104 valence electrons. The highest BCUT2D eigenvalue weighted by Gasteiger charge is 2.58. The molecular formula is C14H26N2O2. The van der Waals surface area contributed by atoms with E-state index in [1.165, 1.54) is 0 Å². The maximum absolute atomic E-state index is 11.7. The van der Waals surface area contributed by atoms with Crippen molar-refractivity contribution in [2.45, 2.75) is 58.7 Å². The minimum absolute atomic E-state index is 0.240. The van der Waals surface area contributed by atoms with Crippen LogP contribution in [0.5, 0.6) is 0 Å². The van der Waals surface area contributed by atoms with Crippen LogP contribution in [0.15, 0.2) is 0 Å². The highest BCUT2D eigenvalue weighted by Crippen LogP contribution is 2.47. The first-order valence-corrected chi connectivity index (χ1v) is 6.82. The molecule has 18 heavy (non-hydrogen) atoms. The predicted molar refractivity (Wildman–Crippen MR) is 71.5 cm³/mol. The van der Waals surface area contributed by atoms with Gasteiger partial charge in [0, 0.05) is 24.7 Å². The fraction of sp³-hybridized carbons (Fsp3) is 0.929. The Bertz CT molecular complexity index is 329. The SMILES string of the molecule is CC(C)(C)OC(=O)NC1C2CN(C(C)(C)C)CC21. The van der Waals surface area contributed by atoms with E-state index in [2.05, 4.69) is 31.0 Å². The van der Waals surface area contributed by atoms with Crippen molar-refractivity contribution in [1.82, 2.24) is 10.2 Å². The molecule has 4 heteroatoms. The highest BCUT2D eigenvalue weighted by molar-refractivity contribution is 5.68. The van der Waals surface area contributed by atoms with E-state index < -0.39 is 5.60 Å². The molecule has 0 aromatic heterocycles. The molecule has 1 saturated carbocycles. The van der Waals surface area contributed by atoms with Gasteiger partial charge in [-0.25, -0.2) is 4.79 Å². The lowest BCUT2D eigenvalue weighted by molar-refractivity contribution is 0.0508. The van der Waals surface area contributed by atoms with Gasteiger partial charge in [-0.2, -0.15) is 0 Å². The molecule has 2 unspecified atom stereocenters. The molecule has 1 saturated heterocycles. The van der Waals surface area contributed by atoms with E-state index in [0.29, 0.717) is 17.9 Å². The van der Waals surface area contributed by atoms with Crippen LogP contribution in [0, 0.1) is 11.8 Å². The Kier molecular flexibility index (Phi) is 3.13. The van der Waals surface area contributed by atoms with Crippen LogP contribution in [0.3, 0.4) is 0 Å². The summed E-state index contributed by atoms with van der Waals surface area (Å²) in [7, 11) is 0. The number of rotatable bonds is 1. The second kappa shape index (κ2) is 4.12. The van der Waals surface area contributed by atoms with Crippen molar-refractivity contribution in [1.29, 1.82) is 0 Å². The van der Waals surface area contributed by atoms with E-state index >= 15 is 0 Å². The molecule has 0 aromatic rings. The van der Waals surface area contributed by atoms with Gasteiger partial charge in [-0.15, -0.1) is 0 Å². The van der Waals surface area contributed by atoms with E-state index in [0.717, 1.165) is 13.1 Å². The average Bonchev–Trinajstić information content (AvgIpc) is 2.59. The Labute approximate surface area is 110 Å². The summed E-state index contributed by atoms with van der Waals surface area (Å²) < 4.78 is 5.28. The summed E-state index contributed by atoms with van der Waals surface area (Å²) in [6.45, 7) is 14.6. The Morgan fingerprint density at radius 3 is 2.00 bits per heavy atom. The molecule has 1 aliphatic carbocycles. The monoisotopic (exact) mass is 254 g/mol. The standard InChI is InChI=1S/C14H26N2O2/c1-13(2,3)16-7-9-10(8-16)11(9)15-12(17)18-14(4,5)6/h9-11H,7-8H2,1-6H3,(H,15,17). The maximum atomic E-state index is 11.7. The zero-order chi connectivity index (χ0) is 13.7. The van der Waals surface area contributed by atoms with Gasteiger partial charge in [0.2, 0.25) is 0 Å². The van der Waals surface area contributed by atoms with Crippen molar-refractivity contribution in [2.24, 2.45) is 11.8 Å². The van der Waals surface area contributed by atoms with E-state index in [1.54, 1.807) is 0 Å². The third kappa shape index (κ3) is 2.97. The second-order valence-corrected chi connectivity index (χ2v) is 7.58. The molecule has 0 bridgehead atoms. The van der Waals surface area contributed by atoms with Crippen molar-refractivity contribution in [3.63, 3.8) is 0 Å². The van der Waals surface area contributed by atoms with Crippen LogP contribution in [0.4, 0.5) is 4.79 Å². The molecule has 2 rings (SSSR count). The molecule has 0 aromatic carbocycles. The molecule has 4 nitrogen and oxygen atoms in total. The van der Waals surface area contributed by atoms with Gasteiger partial charge < -0.3 is 10.1 Å². The molecular weight excluding hydrogens is 228 g/mol. The Morgan fingerprint density at radius 1 is 1.11 bits per heavy atom. The Hall–Kier alpha value is -0.770. The largest absolute Gasteiger partial charge is 0.444 e. The zero-order valence-corrected chi connectivity index (χ0v) is 12.4. The van der Waals surface area contributed by atoms with Crippen molar-refractivity contribution in [3.05, 3.63) is 0 Å². The second-order valence-electron chi connectivity index (χ2n) is 7.58. The number of ether oxygens (including phenoxy) is 1. The van der Waals surface area contributed by atoms with Gasteiger partial charge in [-0.3, -0.25) is 4.90 Å². The van der Waals surface area contributed by atoms with Crippen LogP contribution >= 0.6 is 0 Å². The molecule has 2 atom stereocenters. The molecule has 2 aliphatic rings. The molecule has 0 radical (unpaired) electrons. The Balaban J connectivity index is 1.77. The summed E-state index contributed by atoms with van der Waals surface area (Å²) in [5.41, 5.74) is -0.171. The van der Waals surface area contributed by atoms with Crippen molar-refractivity contribution in [2.75, 3.05) is 13.1 Å². The smallest absolute Gasteiger partial charge is 0.407 e. The summed E-state index contributed by atoms with van der Waals surface area (Å²) in [5, 5.41) is 3.00. The number of likely N-dealkylation sites (tertiary alicyclic amines) is 1. The van der Waals surface area contributed by atoms with Crippen LogP contribution in [-0.2, 0) is 4.74 Å². The molecule has 1 aliphatic heterocycles. The van der Waals surface area contributed by atoms with E-state index in [4.69, 9.17) is 4.74 Å². The first kappa shape index (κ1) is 13.7. The lowest BCUT2D eigenvalue weighted by Crippen LogP contribution is -2.44. The number of fused-ring (bicyclic) bond motifs is 1. The fourth-order valence-corrected chi connectivity index (χ4v) is 2.73. The summed E-state index contributed by atoms with van der Waals surface area (Å²) in [6.07, 6.45) is -0.274. The van der Waals surface area contributed by atoms with Gasteiger partial charge in [0.1, 0.15) is 5.60 Å². The quantitative estimate of drug-likeness (QED) is 0.780. The van der Waals surface area contributed by atoms with E-state index in [1.807, 2.05) is 20.8 Å². The number of hydrogen-bond donors (Lipinski definition) is 1. The topological polar surface area (TPSA) is 41.6 Å². The van der Waals surface area contributed by atoms with E-state index in [9.17, 15) is 4.79 Å². The molecule has 2 fully saturated rings. The minimum Gasteiger partial charge on any atom is -0.444 e. The van der Waals surface area contributed by atoms with Gasteiger partial charge in [-0.05, 0) is 53.4 Å². The maximum Gasteiger partial charge on any atom is 0.407 e. The molecule has 1 heterocycles. The van der Waals surface area contributed by atoms with Gasteiger partial charge in [-0.1, -0.05) is 0 Å². The minimum atomic E-state index is -0.411. The number of carbonyl (C=O) groups is 1. The van der Waals surface area contributed by atoms with Gasteiger partial charge >= 0.3 is 6.09 Å². The highest BCUT2D eigenvalue weighted by atomic mass is 16.6. The normalized spacial score (nSPS) is 32.0. The lowest BCUT2D eigenvalue weighted by Gasteiger charge is -2.33. The number of hydrogen-bond acceptors (Lipinski definition) is 3. The lowest BCUT2D eigenvalue weighted by atomic mass is 10.1. The van der Waals surface area contributed by atoms with Crippen LogP contribution in [0.25, 0.3) is 0 Å². The van der Waals surface area contributed by atoms with Gasteiger partial charge in [0.15, 0.2) is 0 Å². The summed E-state index contributed by atoms with van der Waals surface area (Å²) in [6, 6.07) is 0.332. The third-order valence-corrected chi connectivity index (χ3v) is 3.83. The van der Waals surface area contributed by atoms with Gasteiger partial charge in [0.25, 0.3) is 0 Å². The summed E-state index contributed by atoms with van der Waals surface area (Å²) in [4.78, 5) is 14.2. The van der Waals surface area contributed by atoms with Crippen LogP contribution in [0.1, 0.15) is 41.5 Å². The summed E-state index contributed by atoms with van der Waals surface area (Å²) in [5.74, 6) is 1.24. The molecule has 0 spiro atoms. The number of alkyl carbamates (subject to hydrolysis) is 1. The first-order chi connectivity index (χ1) is 8.08. The van der Waals surface area contributed by atoms with Gasteiger partial charge in [0.05, 0.1) is 0 Å². The predicted octanol–water partition coefficient (Wildman–Crippen LogP) is 2.24. The number of carbonyl (C=O) groups excluding carboxylic acids is 1. The van der Waals surface area contributed by atoms with E-state index in [-0.39, 0.29) is 11.6 Å². The molecule has 1 N–H and O–H groups in total. The van der Waals surface area contributed by atoms with Crippen LogP contribution < -0.4 is 5.32 Å². The number of nitrogens with zero attached hydrogens (tertiary/aromatic N) is 1. The van der Waals surface area contributed by atoms with Crippen LogP contribution in [0.2, 0.25) is 0 Å². The van der Waals surface area contributed by atoms with Crippen LogP contribution in [-0.4, -0.2) is 41.3 Å². The number of amides is 1. The third-order valence-electron chi connectivity index (χ3n) is 3.83. The number of piperidine rings is 1.